The number of aromatic nitrogens is 1. The van der Waals surface area contributed by atoms with Crippen molar-refractivity contribution in [2.24, 2.45) is 0 Å². The Hall–Kier alpha value is -2.92. The number of nitrogens with one attached hydrogen (secondary N) is 1. The molecule has 150 valence electrons. The molecule has 1 unspecified atom stereocenters. The smallest absolute Gasteiger partial charge is 0.254 e. The van der Waals surface area contributed by atoms with Gasteiger partial charge in [0.1, 0.15) is 0 Å². The molecule has 4 rings (SSSR count). The molecule has 2 heterocycles. The van der Waals surface area contributed by atoms with Crippen LogP contribution in [-0.4, -0.2) is 35.0 Å². The highest BCUT2D eigenvalue weighted by Crippen LogP contribution is 2.21. The molecule has 0 saturated carbocycles. The van der Waals surface area contributed by atoms with Crippen molar-refractivity contribution >= 4 is 16.8 Å². The fourth-order valence-electron chi connectivity index (χ4n) is 4.06. The topological polar surface area (TPSA) is 62.4 Å². The van der Waals surface area contributed by atoms with E-state index < -0.39 is 0 Å². The van der Waals surface area contributed by atoms with E-state index in [-0.39, 0.29) is 24.1 Å². The SMILES string of the molecule is Cc1cc(C)c2cc(CN(CC3CCCO3)C(=O)c3ccccc3)c(=O)[nH]c2c1. The van der Waals surface area contributed by atoms with Crippen molar-refractivity contribution in [3.05, 3.63) is 81.1 Å². The molecule has 1 aromatic heterocycles. The van der Waals surface area contributed by atoms with E-state index in [0.29, 0.717) is 17.7 Å². The van der Waals surface area contributed by atoms with Gasteiger partial charge in [0.2, 0.25) is 0 Å². The van der Waals surface area contributed by atoms with Gasteiger partial charge in [0, 0.05) is 35.2 Å². The first-order chi connectivity index (χ1) is 14.0. The number of carbonyl (C=O) groups is 1. The predicted molar refractivity (Wildman–Crippen MR) is 114 cm³/mol. The second-order valence-electron chi connectivity index (χ2n) is 7.85. The van der Waals surface area contributed by atoms with Crippen LogP contribution in [0.1, 0.15) is 39.9 Å². The highest BCUT2D eigenvalue weighted by atomic mass is 16.5. The molecule has 0 aliphatic carbocycles. The molecule has 1 aliphatic rings. The van der Waals surface area contributed by atoms with Crippen LogP contribution < -0.4 is 5.56 Å². The minimum atomic E-state index is -0.152. The number of amides is 1. The third-order valence-corrected chi connectivity index (χ3v) is 5.51. The fourth-order valence-corrected chi connectivity index (χ4v) is 4.06. The highest BCUT2D eigenvalue weighted by Gasteiger charge is 2.24. The second kappa shape index (κ2) is 8.21. The van der Waals surface area contributed by atoms with E-state index in [1.807, 2.05) is 56.3 Å². The van der Waals surface area contributed by atoms with Gasteiger partial charge < -0.3 is 14.6 Å². The molecule has 3 aromatic rings. The third-order valence-electron chi connectivity index (χ3n) is 5.51. The number of benzene rings is 2. The average molecular weight is 390 g/mol. The van der Waals surface area contributed by atoms with Crippen LogP contribution in [0, 0.1) is 13.8 Å². The lowest BCUT2D eigenvalue weighted by atomic mass is 10.0. The first-order valence-corrected chi connectivity index (χ1v) is 10.1. The maximum absolute atomic E-state index is 13.2. The zero-order valence-electron chi connectivity index (χ0n) is 16.9. The quantitative estimate of drug-likeness (QED) is 0.717. The Morgan fingerprint density at radius 3 is 2.69 bits per heavy atom. The molecule has 1 amide bonds. The first-order valence-electron chi connectivity index (χ1n) is 10.1. The molecule has 0 radical (unpaired) electrons. The van der Waals surface area contributed by atoms with Gasteiger partial charge in [-0.2, -0.15) is 0 Å². The number of hydrogen-bond donors (Lipinski definition) is 1. The molecule has 1 saturated heterocycles. The molecule has 5 nitrogen and oxygen atoms in total. The molecule has 1 fully saturated rings. The third kappa shape index (κ3) is 4.25. The molecule has 0 bridgehead atoms. The van der Waals surface area contributed by atoms with Gasteiger partial charge in [-0.15, -0.1) is 0 Å². The lowest BCUT2D eigenvalue weighted by Gasteiger charge is -2.25. The van der Waals surface area contributed by atoms with Crippen LogP contribution in [0.2, 0.25) is 0 Å². The zero-order chi connectivity index (χ0) is 20.4. The summed E-state index contributed by atoms with van der Waals surface area (Å²) in [6.07, 6.45) is 1.96. The van der Waals surface area contributed by atoms with Crippen molar-refractivity contribution in [2.75, 3.05) is 13.2 Å². The summed E-state index contributed by atoms with van der Waals surface area (Å²) in [5.74, 6) is -0.0822. The fraction of sp³-hybridized carbons (Fsp3) is 0.333. The molecule has 0 spiro atoms. The summed E-state index contributed by atoms with van der Waals surface area (Å²) < 4.78 is 5.76. The first kappa shape index (κ1) is 19.4. The van der Waals surface area contributed by atoms with Crippen LogP contribution in [0.5, 0.6) is 0 Å². The number of nitrogens with zero attached hydrogens (tertiary/aromatic N) is 1. The van der Waals surface area contributed by atoms with Gasteiger partial charge in [0.05, 0.1) is 12.6 Å². The Balaban J connectivity index is 1.68. The van der Waals surface area contributed by atoms with E-state index in [0.717, 1.165) is 41.5 Å². The number of aryl methyl sites for hydroxylation is 2. The van der Waals surface area contributed by atoms with Gasteiger partial charge in [0.25, 0.3) is 11.5 Å². The summed E-state index contributed by atoms with van der Waals surface area (Å²) in [6, 6.07) is 15.2. The van der Waals surface area contributed by atoms with Crippen LogP contribution in [-0.2, 0) is 11.3 Å². The Kier molecular flexibility index (Phi) is 5.49. The molecular formula is C24H26N2O3. The molecule has 2 aromatic carbocycles. The maximum atomic E-state index is 13.2. The van der Waals surface area contributed by atoms with E-state index in [2.05, 4.69) is 11.1 Å². The Morgan fingerprint density at radius 1 is 1.17 bits per heavy atom. The number of rotatable bonds is 5. The Morgan fingerprint density at radius 2 is 1.97 bits per heavy atom. The largest absolute Gasteiger partial charge is 0.376 e. The standard InChI is InChI=1S/C24H26N2O3/c1-16-11-17(2)21-13-19(23(27)25-22(21)12-16)14-26(15-20-9-6-10-29-20)24(28)18-7-4-3-5-8-18/h3-5,7-8,11-13,20H,6,9-10,14-15H2,1-2H3,(H,25,27). The number of H-pyrrole nitrogens is 1. The molecule has 1 atom stereocenters. The Bertz CT molecular complexity index is 1080. The predicted octanol–water partition coefficient (Wildman–Crippen LogP) is 3.97. The summed E-state index contributed by atoms with van der Waals surface area (Å²) in [6.45, 7) is 5.52. The van der Waals surface area contributed by atoms with Crippen LogP contribution >= 0.6 is 0 Å². The highest BCUT2D eigenvalue weighted by molar-refractivity contribution is 5.94. The van der Waals surface area contributed by atoms with Crippen LogP contribution in [0.15, 0.2) is 53.3 Å². The van der Waals surface area contributed by atoms with Crippen LogP contribution in [0.4, 0.5) is 0 Å². The van der Waals surface area contributed by atoms with E-state index in [4.69, 9.17) is 4.74 Å². The number of hydrogen-bond acceptors (Lipinski definition) is 3. The van der Waals surface area contributed by atoms with Crippen molar-refractivity contribution in [1.82, 2.24) is 9.88 Å². The van der Waals surface area contributed by atoms with Gasteiger partial charge in [-0.1, -0.05) is 24.3 Å². The van der Waals surface area contributed by atoms with E-state index in [1.54, 1.807) is 4.90 Å². The number of fused-ring (bicyclic) bond motifs is 1. The summed E-state index contributed by atoms with van der Waals surface area (Å²) in [7, 11) is 0. The van der Waals surface area contributed by atoms with Crippen molar-refractivity contribution < 1.29 is 9.53 Å². The number of aromatic amines is 1. The molecule has 5 heteroatoms. The maximum Gasteiger partial charge on any atom is 0.254 e. The number of carbonyl (C=O) groups excluding carboxylic acids is 1. The summed E-state index contributed by atoms with van der Waals surface area (Å²) in [5, 5.41) is 1.01. The van der Waals surface area contributed by atoms with Crippen molar-refractivity contribution in [2.45, 2.75) is 39.3 Å². The lowest BCUT2D eigenvalue weighted by Crippen LogP contribution is -2.38. The van der Waals surface area contributed by atoms with E-state index in [9.17, 15) is 9.59 Å². The molecular weight excluding hydrogens is 364 g/mol. The van der Waals surface area contributed by atoms with Crippen molar-refractivity contribution in [1.29, 1.82) is 0 Å². The normalized spacial score (nSPS) is 16.3. The number of pyridine rings is 1. The molecule has 1 N–H and O–H groups in total. The average Bonchev–Trinajstić information content (AvgIpc) is 3.21. The Labute approximate surface area is 170 Å². The van der Waals surface area contributed by atoms with Crippen LogP contribution in [0.3, 0.4) is 0 Å². The summed E-state index contributed by atoms with van der Waals surface area (Å²) in [4.78, 5) is 30.7. The monoisotopic (exact) mass is 390 g/mol. The van der Waals surface area contributed by atoms with Gasteiger partial charge in [-0.3, -0.25) is 9.59 Å². The zero-order valence-corrected chi connectivity index (χ0v) is 16.9. The van der Waals surface area contributed by atoms with Gasteiger partial charge in [0.15, 0.2) is 0 Å². The second-order valence-corrected chi connectivity index (χ2v) is 7.85. The van der Waals surface area contributed by atoms with Crippen molar-refractivity contribution in [3.8, 4) is 0 Å². The molecule has 1 aliphatic heterocycles. The van der Waals surface area contributed by atoms with E-state index >= 15 is 0 Å². The van der Waals surface area contributed by atoms with Gasteiger partial charge in [-0.25, -0.2) is 0 Å². The minimum absolute atomic E-state index is 0.0200. The van der Waals surface area contributed by atoms with Gasteiger partial charge >= 0.3 is 0 Å². The summed E-state index contributed by atoms with van der Waals surface area (Å²) in [5.41, 5.74) is 4.11. The minimum Gasteiger partial charge on any atom is -0.376 e. The van der Waals surface area contributed by atoms with Crippen molar-refractivity contribution in [3.63, 3.8) is 0 Å². The lowest BCUT2D eigenvalue weighted by molar-refractivity contribution is 0.0506. The van der Waals surface area contributed by atoms with E-state index in [1.165, 1.54) is 0 Å². The summed E-state index contributed by atoms with van der Waals surface area (Å²) >= 11 is 0. The van der Waals surface area contributed by atoms with Gasteiger partial charge in [-0.05, 0) is 62.1 Å². The number of ether oxygens (including phenoxy) is 1. The van der Waals surface area contributed by atoms with Crippen LogP contribution in [0.25, 0.3) is 10.9 Å². The molecule has 29 heavy (non-hydrogen) atoms.